The number of para-hydroxylation sites is 1. The average molecular weight is 366 g/mol. The SMILES string of the molecule is Cc1nn(-c2ccccc2)c(C)c1NC(=O)CN(C)Cc1ccccc1F. The maximum absolute atomic E-state index is 13.8. The standard InChI is InChI=1S/C21H23FN4O/c1-15-21(16(2)26(24-15)18-10-5-4-6-11-18)23-20(27)14-25(3)13-17-9-7-8-12-19(17)22/h4-12H,13-14H2,1-3H3,(H,23,27). The Morgan fingerprint density at radius 3 is 2.48 bits per heavy atom. The number of aryl methyl sites for hydroxylation is 1. The molecule has 5 nitrogen and oxygen atoms in total. The Balaban J connectivity index is 1.68. The highest BCUT2D eigenvalue weighted by Crippen LogP contribution is 2.22. The van der Waals surface area contributed by atoms with Gasteiger partial charge in [0.2, 0.25) is 5.91 Å². The molecule has 0 saturated carbocycles. The van der Waals surface area contributed by atoms with Crippen molar-refractivity contribution in [2.45, 2.75) is 20.4 Å². The summed E-state index contributed by atoms with van der Waals surface area (Å²) in [4.78, 5) is 14.2. The number of amides is 1. The van der Waals surface area contributed by atoms with Crippen molar-refractivity contribution in [3.8, 4) is 5.69 Å². The molecule has 3 rings (SSSR count). The smallest absolute Gasteiger partial charge is 0.238 e. The van der Waals surface area contributed by atoms with Crippen LogP contribution in [0.2, 0.25) is 0 Å². The van der Waals surface area contributed by atoms with Crippen molar-refractivity contribution in [2.24, 2.45) is 0 Å². The number of halogens is 1. The number of carbonyl (C=O) groups is 1. The number of rotatable bonds is 6. The molecule has 0 aliphatic carbocycles. The van der Waals surface area contributed by atoms with Gasteiger partial charge >= 0.3 is 0 Å². The van der Waals surface area contributed by atoms with Crippen molar-refractivity contribution in [3.05, 3.63) is 77.4 Å². The fourth-order valence-electron chi connectivity index (χ4n) is 3.04. The largest absolute Gasteiger partial charge is 0.322 e. The first-order valence-corrected chi connectivity index (χ1v) is 8.79. The number of hydrogen-bond donors (Lipinski definition) is 1. The van der Waals surface area contributed by atoms with Crippen molar-refractivity contribution < 1.29 is 9.18 Å². The lowest BCUT2D eigenvalue weighted by molar-refractivity contribution is -0.117. The minimum Gasteiger partial charge on any atom is -0.322 e. The van der Waals surface area contributed by atoms with Crippen LogP contribution in [0.5, 0.6) is 0 Å². The molecule has 1 N–H and O–H groups in total. The summed E-state index contributed by atoms with van der Waals surface area (Å²) in [6, 6.07) is 16.4. The number of carbonyl (C=O) groups excluding carboxylic acids is 1. The number of aromatic nitrogens is 2. The summed E-state index contributed by atoms with van der Waals surface area (Å²) in [5.41, 5.74) is 3.83. The molecule has 2 aromatic carbocycles. The fourth-order valence-corrected chi connectivity index (χ4v) is 3.04. The predicted octanol–water partition coefficient (Wildman–Crippen LogP) is 3.70. The van der Waals surface area contributed by atoms with Crippen molar-refractivity contribution in [1.82, 2.24) is 14.7 Å². The van der Waals surface area contributed by atoms with Crippen molar-refractivity contribution >= 4 is 11.6 Å². The van der Waals surface area contributed by atoms with E-state index in [1.54, 1.807) is 30.1 Å². The molecule has 0 bridgehead atoms. The van der Waals surface area contributed by atoms with Gasteiger partial charge in [0.15, 0.2) is 0 Å². The third kappa shape index (κ3) is 4.41. The average Bonchev–Trinajstić information content (AvgIpc) is 2.92. The maximum Gasteiger partial charge on any atom is 0.238 e. The summed E-state index contributed by atoms with van der Waals surface area (Å²) < 4.78 is 15.6. The summed E-state index contributed by atoms with van der Waals surface area (Å²) >= 11 is 0. The Labute approximate surface area is 158 Å². The normalized spacial score (nSPS) is 11.0. The van der Waals surface area contributed by atoms with Gasteiger partial charge in [0.25, 0.3) is 0 Å². The van der Waals surface area contributed by atoms with Gasteiger partial charge in [-0.05, 0) is 39.1 Å². The molecule has 1 amide bonds. The zero-order valence-electron chi connectivity index (χ0n) is 15.7. The minimum atomic E-state index is -0.263. The topological polar surface area (TPSA) is 50.2 Å². The van der Waals surface area contributed by atoms with Gasteiger partial charge in [0, 0.05) is 12.1 Å². The van der Waals surface area contributed by atoms with E-state index in [9.17, 15) is 9.18 Å². The molecule has 0 atom stereocenters. The molecular formula is C21H23FN4O. The Morgan fingerprint density at radius 1 is 1.11 bits per heavy atom. The molecule has 6 heteroatoms. The van der Waals surface area contributed by atoms with E-state index in [1.165, 1.54) is 6.07 Å². The molecule has 0 fully saturated rings. The van der Waals surface area contributed by atoms with Gasteiger partial charge in [0.05, 0.1) is 29.3 Å². The zero-order chi connectivity index (χ0) is 19.4. The lowest BCUT2D eigenvalue weighted by Crippen LogP contribution is -2.30. The van der Waals surface area contributed by atoms with Crippen molar-refractivity contribution in [3.63, 3.8) is 0 Å². The second-order valence-corrected chi connectivity index (χ2v) is 6.61. The van der Waals surface area contributed by atoms with Crippen molar-refractivity contribution in [2.75, 3.05) is 18.9 Å². The Bertz CT molecular complexity index is 937. The second-order valence-electron chi connectivity index (χ2n) is 6.61. The number of likely N-dealkylation sites (N-methyl/N-ethyl adjacent to an activating group) is 1. The molecule has 0 radical (unpaired) electrons. The summed E-state index contributed by atoms with van der Waals surface area (Å²) in [5, 5.41) is 7.47. The first-order chi connectivity index (χ1) is 13.0. The third-order valence-electron chi connectivity index (χ3n) is 4.37. The van der Waals surface area contributed by atoms with Crippen LogP contribution in [0.25, 0.3) is 5.69 Å². The van der Waals surface area contributed by atoms with Crippen LogP contribution in [-0.2, 0) is 11.3 Å². The summed E-state index contributed by atoms with van der Waals surface area (Å²) in [6.07, 6.45) is 0. The first-order valence-electron chi connectivity index (χ1n) is 8.79. The molecule has 140 valence electrons. The van der Waals surface area contributed by atoms with Gasteiger partial charge in [0.1, 0.15) is 5.82 Å². The number of anilines is 1. The quantitative estimate of drug-likeness (QED) is 0.724. The molecule has 3 aromatic rings. The van der Waals surface area contributed by atoms with Crippen LogP contribution < -0.4 is 5.32 Å². The van der Waals surface area contributed by atoms with E-state index in [0.29, 0.717) is 17.8 Å². The molecule has 0 aliphatic rings. The van der Waals surface area contributed by atoms with Crippen LogP contribution in [0.3, 0.4) is 0 Å². The number of nitrogens with zero attached hydrogens (tertiary/aromatic N) is 3. The van der Waals surface area contributed by atoms with Crippen molar-refractivity contribution in [1.29, 1.82) is 0 Å². The highest BCUT2D eigenvalue weighted by Gasteiger charge is 2.16. The van der Waals surface area contributed by atoms with Gasteiger partial charge in [-0.2, -0.15) is 5.10 Å². The highest BCUT2D eigenvalue weighted by molar-refractivity contribution is 5.93. The van der Waals surface area contributed by atoms with E-state index in [0.717, 1.165) is 17.1 Å². The summed E-state index contributed by atoms with van der Waals surface area (Å²) in [6.45, 7) is 4.31. The zero-order valence-corrected chi connectivity index (χ0v) is 15.7. The Kier molecular flexibility index (Phi) is 5.66. The maximum atomic E-state index is 13.8. The molecule has 1 aromatic heterocycles. The fraction of sp³-hybridized carbons (Fsp3) is 0.238. The van der Waals surface area contributed by atoms with Gasteiger partial charge in [-0.3, -0.25) is 9.69 Å². The molecule has 1 heterocycles. The number of hydrogen-bond acceptors (Lipinski definition) is 3. The lowest BCUT2D eigenvalue weighted by atomic mass is 10.2. The molecule has 27 heavy (non-hydrogen) atoms. The minimum absolute atomic E-state index is 0.156. The van der Waals surface area contributed by atoms with Crippen LogP contribution in [0.15, 0.2) is 54.6 Å². The predicted molar refractivity (Wildman–Crippen MR) is 104 cm³/mol. The molecule has 0 aliphatic heterocycles. The summed E-state index contributed by atoms with van der Waals surface area (Å²) in [7, 11) is 1.79. The molecule has 0 saturated heterocycles. The molecular weight excluding hydrogens is 343 g/mol. The lowest BCUT2D eigenvalue weighted by Gasteiger charge is -2.17. The number of nitrogens with one attached hydrogen (secondary N) is 1. The van der Waals surface area contributed by atoms with E-state index < -0.39 is 0 Å². The van der Waals surface area contributed by atoms with Crippen LogP contribution in [-0.4, -0.2) is 34.2 Å². The van der Waals surface area contributed by atoms with Crippen LogP contribution in [0, 0.1) is 19.7 Å². The van der Waals surface area contributed by atoms with E-state index in [-0.39, 0.29) is 18.3 Å². The Hall–Kier alpha value is -2.99. The monoisotopic (exact) mass is 366 g/mol. The van der Waals surface area contributed by atoms with Crippen LogP contribution in [0.4, 0.5) is 10.1 Å². The van der Waals surface area contributed by atoms with E-state index in [1.807, 2.05) is 48.9 Å². The van der Waals surface area contributed by atoms with Gasteiger partial charge in [-0.1, -0.05) is 36.4 Å². The molecule has 0 unspecified atom stereocenters. The van der Waals surface area contributed by atoms with Crippen LogP contribution in [0.1, 0.15) is 17.0 Å². The number of benzene rings is 2. The van der Waals surface area contributed by atoms with Crippen LogP contribution >= 0.6 is 0 Å². The summed E-state index contributed by atoms with van der Waals surface area (Å²) in [5.74, 6) is -0.423. The first kappa shape index (κ1) is 18.8. The van der Waals surface area contributed by atoms with E-state index >= 15 is 0 Å². The van der Waals surface area contributed by atoms with E-state index in [2.05, 4.69) is 10.4 Å². The third-order valence-corrected chi connectivity index (χ3v) is 4.37. The molecule has 0 spiro atoms. The Morgan fingerprint density at radius 2 is 1.78 bits per heavy atom. The second kappa shape index (κ2) is 8.14. The van der Waals surface area contributed by atoms with Gasteiger partial charge < -0.3 is 5.32 Å². The highest BCUT2D eigenvalue weighted by atomic mass is 19.1. The van der Waals surface area contributed by atoms with Gasteiger partial charge in [-0.25, -0.2) is 9.07 Å². The van der Waals surface area contributed by atoms with E-state index in [4.69, 9.17) is 0 Å². The van der Waals surface area contributed by atoms with Gasteiger partial charge in [-0.15, -0.1) is 0 Å².